The van der Waals surface area contributed by atoms with E-state index in [4.69, 9.17) is 4.74 Å². The lowest BCUT2D eigenvalue weighted by atomic mass is 10.1. The minimum atomic E-state index is -0.339. The highest BCUT2D eigenvalue weighted by molar-refractivity contribution is 5.93. The van der Waals surface area contributed by atoms with Gasteiger partial charge < -0.3 is 14.6 Å². The molecule has 1 amide bonds. The van der Waals surface area contributed by atoms with Crippen LogP contribution in [0.3, 0.4) is 0 Å². The van der Waals surface area contributed by atoms with Crippen molar-refractivity contribution in [2.24, 2.45) is 0 Å². The van der Waals surface area contributed by atoms with Gasteiger partial charge in [0.1, 0.15) is 0 Å². The van der Waals surface area contributed by atoms with E-state index in [0.717, 1.165) is 40.2 Å². The summed E-state index contributed by atoms with van der Waals surface area (Å²) in [5, 5.41) is 3.02. The Balaban J connectivity index is 1.85. The molecule has 31 heavy (non-hydrogen) atoms. The van der Waals surface area contributed by atoms with Crippen LogP contribution in [0.5, 0.6) is 0 Å². The van der Waals surface area contributed by atoms with E-state index in [0.29, 0.717) is 25.1 Å². The molecule has 0 atom stereocenters. The highest BCUT2D eigenvalue weighted by Gasteiger charge is 2.20. The lowest BCUT2D eigenvalue weighted by Crippen LogP contribution is -2.16. The number of aromatic nitrogens is 1. The highest BCUT2D eigenvalue weighted by atomic mass is 16.5. The predicted octanol–water partition coefficient (Wildman–Crippen LogP) is 5.54. The summed E-state index contributed by atoms with van der Waals surface area (Å²) >= 11 is 0. The number of anilines is 1. The van der Waals surface area contributed by atoms with Crippen molar-refractivity contribution in [2.45, 2.75) is 47.1 Å². The number of carbonyl (C=O) groups is 2. The molecule has 3 aromatic rings. The van der Waals surface area contributed by atoms with E-state index in [1.54, 1.807) is 6.92 Å². The molecule has 3 rings (SSSR count). The number of aryl methyl sites for hydroxylation is 2. The molecule has 0 saturated heterocycles. The third-order valence-corrected chi connectivity index (χ3v) is 5.44. The van der Waals surface area contributed by atoms with E-state index in [2.05, 4.69) is 12.2 Å². The van der Waals surface area contributed by atoms with Crippen LogP contribution in [-0.2, 0) is 22.5 Å². The molecule has 0 bridgehead atoms. The molecular formula is C26H30N2O3. The van der Waals surface area contributed by atoms with Crippen LogP contribution >= 0.6 is 0 Å². The molecule has 1 aromatic heterocycles. The molecule has 5 heteroatoms. The van der Waals surface area contributed by atoms with Crippen molar-refractivity contribution < 1.29 is 14.3 Å². The summed E-state index contributed by atoms with van der Waals surface area (Å²) in [6.07, 6.45) is 1.16. The Labute approximate surface area is 184 Å². The molecule has 1 heterocycles. The van der Waals surface area contributed by atoms with Crippen LogP contribution in [0.2, 0.25) is 0 Å². The van der Waals surface area contributed by atoms with Crippen LogP contribution in [0.1, 0.15) is 47.4 Å². The van der Waals surface area contributed by atoms with Crippen LogP contribution < -0.4 is 5.32 Å². The van der Waals surface area contributed by atoms with Crippen molar-refractivity contribution in [3.63, 3.8) is 0 Å². The Morgan fingerprint density at radius 2 is 1.71 bits per heavy atom. The van der Waals surface area contributed by atoms with E-state index < -0.39 is 0 Å². The normalized spacial score (nSPS) is 10.7. The van der Waals surface area contributed by atoms with Crippen LogP contribution in [0.15, 0.2) is 54.6 Å². The zero-order chi connectivity index (χ0) is 22.4. The molecule has 0 spiro atoms. The molecule has 5 nitrogen and oxygen atoms in total. The Morgan fingerprint density at radius 1 is 1.00 bits per heavy atom. The van der Waals surface area contributed by atoms with Crippen molar-refractivity contribution in [3.05, 3.63) is 77.0 Å². The van der Waals surface area contributed by atoms with E-state index in [9.17, 15) is 9.59 Å². The molecule has 1 N–H and O–H groups in total. The summed E-state index contributed by atoms with van der Waals surface area (Å²) < 4.78 is 7.26. The van der Waals surface area contributed by atoms with Crippen molar-refractivity contribution in [1.82, 2.24) is 4.57 Å². The van der Waals surface area contributed by atoms with Gasteiger partial charge in [-0.25, -0.2) is 4.79 Å². The first-order valence-corrected chi connectivity index (χ1v) is 10.8. The van der Waals surface area contributed by atoms with Gasteiger partial charge in [-0.1, -0.05) is 55.0 Å². The first-order valence-electron chi connectivity index (χ1n) is 10.8. The lowest BCUT2D eigenvalue weighted by molar-refractivity contribution is -0.116. The molecular weight excluding hydrogens is 388 g/mol. The van der Waals surface area contributed by atoms with Gasteiger partial charge in [-0.05, 0) is 50.5 Å². The Kier molecular flexibility index (Phi) is 7.29. The van der Waals surface area contributed by atoms with Gasteiger partial charge in [-0.2, -0.15) is 0 Å². The van der Waals surface area contributed by atoms with Gasteiger partial charge in [0.2, 0.25) is 5.91 Å². The van der Waals surface area contributed by atoms with E-state index in [1.807, 2.05) is 73.0 Å². The van der Waals surface area contributed by atoms with Gasteiger partial charge in [-0.15, -0.1) is 0 Å². The zero-order valence-electron chi connectivity index (χ0n) is 18.7. The molecule has 0 aliphatic heterocycles. The minimum Gasteiger partial charge on any atom is -0.462 e. The Hall–Kier alpha value is -3.34. The number of esters is 1. The first kappa shape index (κ1) is 22.3. The van der Waals surface area contributed by atoms with Gasteiger partial charge in [0.15, 0.2) is 0 Å². The third-order valence-electron chi connectivity index (χ3n) is 5.44. The molecule has 0 fully saturated rings. The number of ether oxygens (including phenoxy) is 1. The molecule has 2 aromatic carbocycles. The average Bonchev–Trinajstić information content (AvgIpc) is 3.09. The van der Waals surface area contributed by atoms with Crippen LogP contribution in [0.25, 0.3) is 11.3 Å². The maximum atomic E-state index is 12.7. The number of benzene rings is 2. The van der Waals surface area contributed by atoms with Crippen molar-refractivity contribution in [3.8, 4) is 11.3 Å². The standard InChI is InChI=1S/C26H30N2O3/c1-5-20-9-7-8-10-23(20)27-25(29)15-16-28-19(4)22(26(30)31-6-2)17-24(28)21-13-11-18(3)12-14-21/h7-14,17H,5-6,15-16H2,1-4H3,(H,27,29). The van der Waals surface area contributed by atoms with Crippen LogP contribution in [0, 0.1) is 13.8 Å². The third kappa shape index (κ3) is 5.23. The average molecular weight is 419 g/mol. The maximum Gasteiger partial charge on any atom is 0.339 e. The second-order valence-electron chi connectivity index (χ2n) is 7.58. The largest absolute Gasteiger partial charge is 0.462 e. The number of amides is 1. The summed E-state index contributed by atoms with van der Waals surface area (Å²) in [5.74, 6) is -0.394. The van der Waals surface area contributed by atoms with E-state index in [1.165, 1.54) is 0 Å². The number of nitrogens with one attached hydrogen (secondary N) is 1. The Morgan fingerprint density at radius 3 is 2.39 bits per heavy atom. The fourth-order valence-corrected chi connectivity index (χ4v) is 3.69. The minimum absolute atomic E-state index is 0.0541. The van der Waals surface area contributed by atoms with E-state index in [-0.39, 0.29) is 11.9 Å². The first-order chi connectivity index (χ1) is 14.9. The summed E-state index contributed by atoms with van der Waals surface area (Å²) in [7, 11) is 0. The van der Waals surface area contributed by atoms with E-state index >= 15 is 0 Å². The number of carbonyl (C=O) groups excluding carboxylic acids is 2. The molecule has 0 aliphatic carbocycles. The van der Waals surface area contributed by atoms with Gasteiger partial charge in [0.05, 0.1) is 12.2 Å². The molecule has 0 radical (unpaired) electrons. The number of hydrogen-bond donors (Lipinski definition) is 1. The second-order valence-corrected chi connectivity index (χ2v) is 7.58. The quantitative estimate of drug-likeness (QED) is 0.489. The number of rotatable bonds is 8. The number of nitrogens with zero attached hydrogens (tertiary/aromatic N) is 1. The summed E-state index contributed by atoms with van der Waals surface area (Å²) in [5.41, 5.74) is 6.37. The van der Waals surface area contributed by atoms with Gasteiger partial charge in [0, 0.05) is 30.0 Å². The number of hydrogen-bond acceptors (Lipinski definition) is 3. The second kappa shape index (κ2) is 10.1. The van der Waals surface area contributed by atoms with Crippen LogP contribution in [0.4, 0.5) is 5.69 Å². The molecule has 162 valence electrons. The lowest BCUT2D eigenvalue weighted by Gasteiger charge is -2.14. The molecule has 0 saturated carbocycles. The summed E-state index contributed by atoms with van der Waals surface area (Å²) in [4.78, 5) is 25.1. The fourth-order valence-electron chi connectivity index (χ4n) is 3.69. The molecule has 0 unspecified atom stereocenters. The monoisotopic (exact) mass is 418 g/mol. The summed E-state index contributed by atoms with van der Waals surface area (Å²) in [6.45, 7) is 8.59. The van der Waals surface area contributed by atoms with Crippen LogP contribution in [-0.4, -0.2) is 23.1 Å². The van der Waals surface area contributed by atoms with Crippen molar-refractivity contribution in [2.75, 3.05) is 11.9 Å². The van der Waals surface area contributed by atoms with Crippen molar-refractivity contribution in [1.29, 1.82) is 0 Å². The maximum absolute atomic E-state index is 12.7. The van der Waals surface area contributed by atoms with Gasteiger partial charge in [0.25, 0.3) is 0 Å². The SMILES string of the molecule is CCOC(=O)c1cc(-c2ccc(C)cc2)n(CCC(=O)Nc2ccccc2CC)c1C. The van der Waals surface area contributed by atoms with Gasteiger partial charge >= 0.3 is 5.97 Å². The smallest absolute Gasteiger partial charge is 0.339 e. The fraction of sp³-hybridized carbons (Fsp3) is 0.308. The Bertz CT molecular complexity index is 1060. The topological polar surface area (TPSA) is 60.3 Å². The predicted molar refractivity (Wildman–Crippen MR) is 124 cm³/mol. The summed E-state index contributed by atoms with van der Waals surface area (Å²) in [6, 6.07) is 17.9. The highest BCUT2D eigenvalue weighted by Crippen LogP contribution is 2.27. The zero-order valence-corrected chi connectivity index (χ0v) is 18.7. The number of para-hydroxylation sites is 1. The van der Waals surface area contributed by atoms with Gasteiger partial charge in [-0.3, -0.25) is 4.79 Å². The van der Waals surface area contributed by atoms with Crippen molar-refractivity contribution >= 4 is 17.6 Å². The molecule has 0 aliphatic rings.